The van der Waals surface area contributed by atoms with Crippen molar-refractivity contribution < 1.29 is 14.0 Å². The molecule has 1 aliphatic carbocycles. The number of carbonyl (C=O) groups excluding carboxylic acids is 2. The number of aromatic nitrogens is 1. The van der Waals surface area contributed by atoms with Crippen molar-refractivity contribution in [3.05, 3.63) is 40.8 Å². The molecule has 1 saturated heterocycles. The van der Waals surface area contributed by atoms with Gasteiger partial charge in [0.1, 0.15) is 17.6 Å². The van der Waals surface area contributed by atoms with Crippen molar-refractivity contribution in [3.8, 4) is 10.4 Å². The summed E-state index contributed by atoms with van der Waals surface area (Å²) in [6, 6.07) is 5.53. The number of benzene rings is 1. The minimum absolute atomic E-state index is 0.0954. The average Bonchev–Trinajstić information content (AvgIpc) is 3.03. The van der Waals surface area contributed by atoms with E-state index in [9.17, 15) is 14.0 Å². The number of hydrogen-bond acceptors (Lipinski definition) is 4. The van der Waals surface area contributed by atoms with Crippen LogP contribution in [0, 0.1) is 18.7 Å². The molecule has 2 heterocycles. The first-order valence-corrected chi connectivity index (χ1v) is 8.62. The number of nitrogens with zero attached hydrogens (tertiary/aromatic N) is 2. The summed E-state index contributed by atoms with van der Waals surface area (Å²) in [5, 5.41) is 0.750. The molecule has 1 saturated carbocycles. The van der Waals surface area contributed by atoms with Crippen molar-refractivity contribution in [1.29, 1.82) is 0 Å². The highest BCUT2D eigenvalue weighted by atomic mass is 32.1. The van der Waals surface area contributed by atoms with Crippen LogP contribution in [-0.4, -0.2) is 33.8 Å². The largest absolute Gasteiger partial charge is 0.368 e. The zero-order valence-corrected chi connectivity index (χ0v) is 13.8. The van der Waals surface area contributed by atoms with Gasteiger partial charge in [-0.3, -0.25) is 9.59 Å². The van der Waals surface area contributed by atoms with E-state index in [1.54, 1.807) is 17.0 Å². The van der Waals surface area contributed by atoms with Gasteiger partial charge >= 0.3 is 0 Å². The number of primary amides is 1. The number of halogens is 1. The molecule has 5 nitrogen and oxygen atoms in total. The number of aryl methyl sites for hydroxylation is 1. The maximum absolute atomic E-state index is 13.2. The molecule has 1 aromatic carbocycles. The van der Waals surface area contributed by atoms with Crippen LogP contribution >= 0.6 is 11.3 Å². The summed E-state index contributed by atoms with van der Waals surface area (Å²) in [6.45, 7) is 1.82. The molecule has 24 heavy (non-hydrogen) atoms. The van der Waals surface area contributed by atoms with Crippen molar-refractivity contribution in [2.24, 2.45) is 11.7 Å². The van der Waals surface area contributed by atoms with E-state index in [0.717, 1.165) is 17.0 Å². The number of carbonyl (C=O) groups is 2. The van der Waals surface area contributed by atoms with Gasteiger partial charge in [-0.15, -0.1) is 11.3 Å². The lowest BCUT2D eigenvalue weighted by atomic mass is 10.1. The van der Waals surface area contributed by atoms with E-state index in [2.05, 4.69) is 4.98 Å². The lowest BCUT2D eigenvalue weighted by Crippen LogP contribution is -2.46. The first-order valence-electron chi connectivity index (χ1n) is 7.81. The molecule has 0 radical (unpaired) electrons. The molecule has 2 aromatic rings. The van der Waals surface area contributed by atoms with Crippen LogP contribution in [0.5, 0.6) is 0 Å². The van der Waals surface area contributed by atoms with Gasteiger partial charge in [-0.05, 0) is 43.4 Å². The fourth-order valence-electron chi connectivity index (χ4n) is 3.49. The number of nitrogens with two attached hydrogens (primary N) is 1. The zero-order valence-electron chi connectivity index (χ0n) is 13.0. The Kier molecular flexibility index (Phi) is 3.42. The Morgan fingerprint density at radius 3 is 2.67 bits per heavy atom. The van der Waals surface area contributed by atoms with Gasteiger partial charge in [0.05, 0.1) is 9.88 Å². The molecule has 0 unspecified atom stereocenters. The highest BCUT2D eigenvalue weighted by Crippen LogP contribution is 2.48. The molecule has 4 rings (SSSR count). The second-order valence-electron chi connectivity index (χ2n) is 6.35. The SMILES string of the molecule is Cc1nc(C(=O)N2[C@H](C(N)=O)C[C@H]3C[C@@H]32)c(-c2ccc(F)cc2)s1. The molecule has 3 atom stereocenters. The van der Waals surface area contributed by atoms with E-state index >= 15 is 0 Å². The maximum atomic E-state index is 13.2. The summed E-state index contributed by atoms with van der Waals surface area (Å²) in [7, 11) is 0. The summed E-state index contributed by atoms with van der Waals surface area (Å²) in [5.74, 6) is -0.680. The third-order valence-corrected chi connectivity index (χ3v) is 5.73. The highest BCUT2D eigenvalue weighted by Gasteiger charge is 2.56. The minimum atomic E-state index is -0.552. The van der Waals surface area contributed by atoms with Gasteiger partial charge in [0.2, 0.25) is 5.91 Å². The Balaban J connectivity index is 1.73. The van der Waals surface area contributed by atoms with Gasteiger partial charge < -0.3 is 10.6 Å². The van der Waals surface area contributed by atoms with Crippen LogP contribution in [-0.2, 0) is 4.79 Å². The van der Waals surface area contributed by atoms with Gasteiger partial charge in [0, 0.05) is 6.04 Å². The normalized spacial score (nSPS) is 24.8. The number of likely N-dealkylation sites (tertiary alicyclic amines) is 1. The van der Waals surface area contributed by atoms with Crippen molar-refractivity contribution >= 4 is 23.2 Å². The van der Waals surface area contributed by atoms with Crippen LogP contribution < -0.4 is 5.73 Å². The maximum Gasteiger partial charge on any atom is 0.274 e. The fourth-order valence-corrected chi connectivity index (χ4v) is 4.41. The molecule has 124 valence electrons. The van der Waals surface area contributed by atoms with Crippen LogP contribution in [0.1, 0.15) is 28.3 Å². The smallest absolute Gasteiger partial charge is 0.274 e. The summed E-state index contributed by atoms with van der Waals surface area (Å²) in [5.41, 5.74) is 6.53. The number of rotatable bonds is 3. The first-order chi connectivity index (χ1) is 11.5. The lowest BCUT2D eigenvalue weighted by molar-refractivity contribution is -0.122. The van der Waals surface area contributed by atoms with Gasteiger partial charge in [0.25, 0.3) is 5.91 Å². The number of thiazole rings is 1. The van der Waals surface area contributed by atoms with Crippen LogP contribution in [0.3, 0.4) is 0 Å². The van der Waals surface area contributed by atoms with E-state index < -0.39 is 11.9 Å². The van der Waals surface area contributed by atoms with Crippen molar-refractivity contribution in [1.82, 2.24) is 9.88 Å². The average molecular weight is 345 g/mol. The van der Waals surface area contributed by atoms with Gasteiger partial charge in [-0.2, -0.15) is 0 Å². The Morgan fingerprint density at radius 2 is 2.00 bits per heavy atom. The molecular weight excluding hydrogens is 329 g/mol. The van der Waals surface area contributed by atoms with Crippen LogP contribution in [0.25, 0.3) is 10.4 Å². The quantitative estimate of drug-likeness (QED) is 0.928. The van der Waals surface area contributed by atoms with E-state index in [0.29, 0.717) is 22.9 Å². The van der Waals surface area contributed by atoms with Crippen LogP contribution in [0.15, 0.2) is 24.3 Å². The second kappa shape index (κ2) is 5.37. The van der Waals surface area contributed by atoms with Crippen molar-refractivity contribution in [3.63, 3.8) is 0 Å². The Morgan fingerprint density at radius 1 is 1.29 bits per heavy atom. The second-order valence-corrected chi connectivity index (χ2v) is 7.55. The summed E-state index contributed by atoms with van der Waals surface area (Å²) in [4.78, 5) is 31.4. The molecular formula is C17H16FN3O2S. The van der Waals surface area contributed by atoms with Crippen LogP contribution in [0.4, 0.5) is 4.39 Å². The molecule has 2 N–H and O–H groups in total. The molecule has 1 aliphatic heterocycles. The Hall–Kier alpha value is -2.28. The molecule has 7 heteroatoms. The van der Waals surface area contributed by atoms with E-state index in [4.69, 9.17) is 5.73 Å². The number of piperidine rings is 1. The summed E-state index contributed by atoms with van der Waals surface area (Å²) < 4.78 is 13.2. The van der Waals surface area contributed by atoms with E-state index in [1.807, 2.05) is 6.92 Å². The third kappa shape index (κ3) is 2.39. The van der Waals surface area contributed by atoms with Gasteiger partial charge in [-0.25, -0.2) is 9.37 Å². The van der Waals surface area contributed by atoms with Gasteiger partial charge in [0.15, 0.2) is 0 Å². The standard InChI is InChI=1S/C17H16FN3O2S/c1-8-20-14(15(24-8)9-2-4-11(18)5-3-9)17(23)21-12-6-10(12)7-13(21)16(19)22/h2-5,10,12-13H,6-7H2,1H3,(H2,19,22)/t10-,12+,13+/m1/s1. The van der Waals surface area contributed by atoms with Crippen molar-refractivity contribution in [2.45, 2.75) is 31.8 Å². The zero-order chi connectivity index (χ0) is 17.0. The van der Waals surface area contributed by atoms with Gasteiger partial charge in [-0.1, -0.05) is 12.1 Å². The molecule has 0 bridgehead atoms. The first kappa shape index (κ1) is 15.3. The highest BCUT2D eigenvalue weighted by molar-refractivity contribution is 7.15. The molecule has 2 aliphatic rings. The summed E-state index contributed by atoms with van der Waals surface area (Å²) >= 11 is 1.39. The third-order valence-electron chi connectivity index (χ3n) is 4.71. The predicted octanol–water partition coefficient (Wildman–Crippen LogP) is 2.35. The monoisotopic (exact) mass is 345 g/mol. The topological polar surface area (TPSA) is 76.3 Å². The van der Waals surface area contributed by atoms with E-state index in [-0.39, 0.29) is 17.8 Å². The number of hydrogen-bond donors (Lipinski definition) is 1. The van der Waals surface area contributed by atoms with E-state index in [1.165, 1.54) is 23.5 Å². The Labute approximate surface area is 142 Å². The molecule has 1 aromatic heterocycles. The predicted molar refractivity (Wildman–Crippen MR) is 87.9 cm³/mol. The molecule has 2 amide bonds. The molecule has 0 spiro atoms. The van der Waals surface area contributed by atoms with Crippen molar-refractivity contribution in [2.75, 3.05) is 0 Å². The number of amides is 2. The fraction of sp³-hybridized carbons (Fsp3) is 0.353. The molecule has 2 fully saturated rings. The minimum Gasteiger partial charge on any atom is -0.368 e. The Bertz CT molecular complexity index is 833. The lowest BCUT2D eigenvalue weighted by Gasteiger charge is -2.24. The van der Waals surface area contributed by atoms with Crippen LogP contribution in [0.2, 0.25) is 0 Å². The summed E-state index contributed by atoms with van der Waals surface area (Å²) in [6.07, 6.45) is 1.56. The number of fused-ring (bicyclic) bond motifs is 1.